The number of hydrogen-bond acceptors (Lipinski definition) is 2. The minimum absolute atomic E-state index is 0.722. The van der Waals surface area contributed by atoms with E-state index in [-0.39, 0.29) is 0 Å². The zero-order chi connectivity index (χ0) is 12.6. The maximum absolute atomic E-state index is 2.57. The molecule has 0 aromatic rings. The lowest BCUT2D eigenvalue weighted by Gasteiger charge is -2.24. The van der Waals surface area contributed by atoms with Gasteiger partial charge in [-0.15, -0.1) is 0 Å². The minimum Gasteiger partial charge on any atom is -0.302 e. The number of nitrogens with zero attached hydrogens (tertiary/aromatic N) is 2. The fourth-order valence-corrected chi connectivity index (χ4v) is 1.86. The average molecular weight is 228 g/mol. The van der Waals surface area contributed by atoms with E-state index in [1.54, 1.807) is 0 Å². The smallest absolute Gasteiger partial charge is 0.0232 e. The molecule has 1 saturated heterocycles. The van der Waals surface area contributed by atoms with E-state index in [1.807, 2.05) is 0 Å². The summed E-state index contributed by atoms with van der Waals surface area (Å²) >= 11 is 0. The first-order valence-corrected chi connectivity index (χ1v) is 7.00. The van der Waals surface area contributed by atoms with Crippen molar-refractivity contribution in [1.82, 2.24) is 9.80 Å². The number of hydrogen-bond donors (Lipinski definition) is 0. The molecule has 0 aliphatic carbocycles. The predicted octanol–water partition coefficient (Wildman–Crippen LogP) is 3.23. The van der Waals surface area contributed by atoms with Gasteiger partial charge >= 0.3 is 0 Å². The molecule has 0 N–H and O–H groups in total. The van der Waals surface area contributed by atoms with Gasteiger partial charge in [-0.2, -0.15) is 0 Å². The van der Waals surface area contributed by atoms with Gasteiger partial charge in [0, 0.05) is 25.2 Å². The molecular weight excluding hydrogens is 196 g/mol. The van der Waals surface area contributed by atoms with Gasteiger partial charge in [0.25, 0.3) is 0 Å². The van der Waals surface area contributed by atoms with E-state index in [4.69, 9.17) is 0 Å². The van der Waals surface area contributed by atoms with Gasteiger partial charge in [-0.1, -0.05) is 33.6 Å². The fourth-order valence-electron chi connectivity index (χ4n) is 1.86. The zero-order valence-corrected chi connectivity index (χ0v) is 12.3. The molecule has 0 bridgehead atoms. The summed E-state index contributed by atoms with van der Waals surface area (Å²) in [4.78, 5) is 5.03. The van der Waals surface area contributed by atoms with Crippen molar-refractivity contribution in [3.8, 4) is 0 Å². The van der Waals surface area contributed by atoms with Crippen LogP contribution in [0.2, 0.25) is 0 Å². The van der Waals surface area contributed by atoms with E-state index in [0.29, 0.717) is 0 Å². The summed E-state index contributed by atoms with van der Waals surface area (Å²) < 4.78 is 0. The Morgan fingerprint density at radius 1 is 1.19 bits per heavy atom. The molecule has 16 heavy (non-hydrogen) atoms. The van der Waals surface area contributed by atoms with Crippen LogP contribution in [0.3, 0.4) is 0 Å². The second-order valence-electron chi connectivity index (χ2n) is 5.10. The van der Waals surface area contributed by atoms with Crippen LogP contribution in [0.5, 0.6) is 0 Å². The quantitative estimate of drug-likeness (QED) is 0.729. The van der Waals surface area contributed by atoms with Crippen LogP contribution in [-0.4, -0.2) is 48.6 Å². The molecule has 1 fully saturated rings. The van der Waals surface area contributed by atoms with Crippen LogP contribution in [0.4, 0.5) is 0 Å². The number of unbranched alkanes of at least 4 members (excludes halogenated alkanes) is 1. The SMILES string of the molecule is CCCC.CCN(C)C1CCN(C(C)C)C1. The summed E-state index contributed by atoms with van der Waals surface area (Å²) in [5, 5.41) is 0. The van der Waals surface area contributed by atoms with Crippen LogP contribution in [-0.2, 0) is 0 Å². The van der Waals surface area contributed by atoms with E-state index >= 15 is 0 Å². The Hall–Kier alpha value is -0.0800. The molecule has 2 heteroatoms. The average Bonchev–Trinajstić information content (AvgIpc) is 2.77. The fraction of sp³-hybridized carbons (Fsp3) is 1.00. The van der Waals surface area contributed by atoms with Crippen molar-refractivity contribution in [2.24, 2.45) is 0 Å². The predicted molar refractivity (Wildman–Crippen MR) is 74.0 cm³/mol. The molecule has 0 aromatic carbocycles. The topological polar surface area (TPSA) is 6.48 Å². The lowest BCUT2D eigenvalue weighted by atomic mass is 10.2. The summed E-state index contributed by atoms with van der Waals surface area (Å²) in [5.41, 5.74) is 0. The third-order valence-corrected chi connectivity index (χ3v) is 3.55. The molecule has 0 aromatic heterocycles. The van der Waals surface area contributed by atoms with Crippen molar-refractivity contribution in [1.29, 1.82) is 0 Å². The van der Waals surface area contributed by atoms with Gasteiger partial charge in [-0.25, -0.2) is 0 Å². The van der Waals surface area contributed by atoms with Gasteiger partial charge in [0.05, 0.1) is 0 Å². The molecule has 0 saturated carbocycles. The maximum Gasteiger partial charge on any atom is 0.0232 e. The largest absolute Gasteiger partial charge is 0.302 e. The highest BCUT2D eigenvalue weighted by molar-refractivity contribution is 4.82. The van der Waals surface area contributed by atoms with Crippen molar-refractivity contribution in [3.63, 3.8) is 0 Å². The van der Waals surface area contributed by atoms with Crippen LogP contribution in [0, 0.1) is 0 Å². The van der Waals surface area contributed by atoms with E-state index in [1.165, 1.54) is 38.9 Å². The number of likely N-dealkylation sites (N-methyl/N-ethyl adjacent to an activating group) is 1. The standard InChI is InChI=1S/C10H22N2.C4H10/c1-5-11(4)10-6-7-12(8-10)9(2)3;1-3-4-2/h9-10H,5-8H2,1-4H3;3-4H2,1-2H3. The first-order valence-electron chi connectivity index (χ1n) is 7.00. The molecule has 1 aliphatic rings. The van der Waals surface area contributed by atoms with Crippen LogP contribution < -0.4 is 0 Å². The van der Waals surface area contributed by atoms with Crippen LogP contribution in [0.25, 0.3) is 0 Å². The van der Waals surface area contributed by atoms with Gasteiger partial charge in [-0.05, 0) is 33.9 Å². The van der Waals surface area contributed by atoms with Crippen LogP contribution >= 0.6 is 0 Å². The van der Waals surface area contributed by atoms with E-state index in [2.05, 4.69) is 51.5 Å². The Labute approximate surface area is 103 Å². The zero-order valence-electron chi connectivity index (χ0n) is 12.3. The molecule has 1 heterocycles. The highest BCUT2D eigenvalue weighted by Gasteiger charge is 2.25. The second kappa shape index (κ2) is 9.00. The minimum atomic E-state index is 0.722. The molecule has 2 nitrogen and oxygen atoms in total. The molecule has 0 radical (unpaired) electrons. The molecule has 1 atom stereocenters. The maximum atomic E-state index is 2.57. The highest BCUT2D eigenvalue weighted by Crippen LogP contribution is 2.16. The lowest BCUT2D eigenvalue weighted by Crippen LogP contribution is -2.36. The Morgan fingerprint density at radius 3 is 2.06 bits per heavy atom. The molecular formula is C14H32N2. The van der Waals surface area contributed by atoms with Crippen molar-refractivity contribution < 1.29 is 0 Å². The number of rotatable bonds is 4. The van der Waals surface area contributed by atoms with Crippen molar-refractivity contribution in [2.75, 3.05) is 26.7 Å². The monoisotopic (exact) mass is 228 g/mol. The highest BCUT2D eigenvalue weighted by atomic mass is 15.2. The lowest BCUT2D eigenvalue weighted by molar-refractivity contribution is 0.220. The molecule has 0 spiro atoms. The van der Waals surface area contributed by atoms with E-state index in [0.717, 1.165) is 12.1 Å². The summed E-state index contributed by atoms with van der Waals surface area (Å²) in [6, 6.07) is 1.53. The van der Waals surface area contributed by atoms with Crippen molar-refractivity contribution in [2.45, 2.75) is 66.0 Å². The van der Waals surface area contributed by atoms with Gasteiger partial charge in [0.15, 0.2) is 0 Å². The van der Waals surface area contributed by atoms with E-state index in [9.17, 15) is 0 Å². The molecule has 1 rings (SSSR count). The summed E-state index contributed by atoms with van der Waals surface area (Å²) in [6.07, 6.45) is 3.99. The summed E-state index contributed by atoms with van der Waals surface area (Å²) in [5.74, 6) is 0. The third kappa shape index (κ3) is 5.86. The first kappa shape index (κ1) is 15.9. The molecule has 1 aliphatic heterocycles. The van der Waals surface area contributed by atoms with Gasteiger partial charge < -0.3 is 4.90 Å². The Balaban J connectivity index is 0.000000487. The van der Waals surface area contributed by atoms with Crippen LogP contribution in [0.1, 0.15) is 53.9 Å². The molecule has 98 valence electrons. The van der Waals surface area contributed by atoms with Crippen LogP contribution in [0.15, 0.2) is 0 Å². The summed E-state index contributed by atoms with van der Waals surface area (Å²) in [6.45, 7) is 14.9. The Bertz CT molecular complexity index is 155. The van der Waals surface area contributed by atoms with Crippen molar-refractivity contribution >= 4 is 0 Å². The third-order valence-electron chi connectivity index (χ3n) is 3.55. The Kier molecular flexibility index (Phi) is 8.96. The Morgan fingerprint density at radius 2 is 1.75 bits per heavy atom. The van der Waals surface area contributed by atoms with Gasteiger partial charge in [0.1, 0.15) is 0 Å². The first-order chi connectivity index (χ1) is 7.56. The summed E-state index contributed by atoms with van der Waals surface area (Å²) in [7, 11) is 2.23. The van der Waals surface area contributed by atoms with Gasteiger partial charge in [-0.3, -0.25) is 4.90 Å². The number of likely N-dealkylation sites (tertiary alicyclic amines) is 1. The normalized spacial score (nSPS) is 21.4. The second-order valence-corrected chi connectivity index (χ2v) is 5.10. The van der Waals surface area contributed by atoms with E-state index < -0.39 is 0 Å². The molecule has 1 unspecified atom stereocenters. The van der Waals surface area contributed by atoms with Gasteiger partial charge in [0.2, 0.25) is 0 Å². The molecule has 0 amide bonds. The van der Waals surface area contributed by atoms with Crippen molar-refractivity contribution in [3.05, 3.63) is 0 Å².